The number of amides is 1. The number of ketones is 1. The van der Waals surface area contributed by atoms with Crippen molar-refractivity contribution >= 4 is 454 Å². The zero-order chi connectivity index (χ0) is 26.0. The van der Waals surface area contributed by atoms with E-state index in [1.165, 1.54) is 442 Å². The van der Waals surface area contributed by atoms with Gasteiger partial charge < -0.3 is 31.1 Å². The van der Waals surface area contributed by atoms with Crippen LogP contribution in [0.25, 0.3) is 5.73 Å². The minimum atomic E-state index is -0.600. The summed E-state index contributed by atoms with van der Waals surface area (Å²) in [6.07, 6.45) is 3.45. The molecule has 1 rings (SSSR count). The molecule has 0 atom stereocenters. The van der Waals surface area contributed by atoms with Crippen LogP contribution in [0, 0.1) is 14.4 Å². The second kappa shape index (κ2) is 93.8. The second-order valence-electron chi connectivity index (χ2n) is 3.54. The van der Waals surface area contributed by atoms with Gasteiger partial charge in [-0.15, -0.1) is 5.10 Å². The van der Waals surface area contributed by atoms with E-state index in [9.17, 15) is 9.59 Å². The summed E-state index contributed by atoms with van der Waals surface area (Å²) >= 11 is 17.5. The average Bonchev–Trinajstić information content (AvgIpc) is 3.29. The Morgan fingerprint density at radius 3 is 1.47 bits per heavy atom. The van der Waals surface area contributed by atoms with Crippen molar-refractivity contribution in [3.05, 3.63) is 32.0 Å². The monoisotopic (exact) mass is 901 g/mol. The topological polar surface area (TPSA) is 88.6 Å². The van der Waals surface area contributed by atoms with E-state index in [0.29, 0.717) is 31.5 Å². The molecule has 0 bridgehead atoms. The van der Waals surface area contributed by atoms with Gasteiger partial charge in [-0.25, -0.2) is 0 Å². The van der Waals surface area contributed by atoms with Gasteiger partial charge in [0.15, 0.2) is 0 Å². The van der Waals surface area contributed by atoms with Crippen LogP contribution in [0.5, 0.6) is 0 Å². The number of aryl methyl sites for hydroxylation is 2. The molecule has 0 radical (unpaired) electrons. The van der Waals surface area contributed by atoms with Crippen molar-refractivity contribution in [3.63, 3.8) is 0 Å². The number of nitrogens with one attached hydrogen (secondary N) is 1. The van der Waals surface area contributed by atoms with Crippen molar-refractivity contribution in [2.24, 2.45) is 0 Å². The van der Waals surface area contributed by atoms with E-state index in [4.69, 9.17) is 5.73 Å². The van der Waals surface area contributed by atoms with Crippen molar-refractivity contribution in [1.82, 2.24) is 15.0 Å². The molecule has 0 aliphatic rings. The van der Waals surface area contributed by atoms with E-state index in [-0.39, 0.29) is 175 Å². The summed E-state index contributed by atoms with van der Waals surface area (Å²) in [4.78, 5) is 21.0. The van der Waals surface area contributed by atoms with Crippen LogP contribution in [-0.4, -0.2) is 469 Å². The molecule has 1 aromatic heterocycles. The van der Waals surface area contributed by atoms with Crippen LogP contribution in [0.1, 0.15) is 26.4 Å². The van der Waals surface area contributed by atoms with Gasteiger partial charge in [0.1, 0.15) is 0 Å². The predicted molar refractivity (Wildman–Crippen MR) is 145 cm³/mol. The SMILES string of the molecule is [CH2-]C(=O)CCCn1cc(CCC([NH-])=O)nn1.[CH3-].[H-].[K+].[K+].[K+].[K][K].[K][K].[K][K].[K][K].[K][K].[K][K].[K][K]. The Kier molecular flexibility index (Phi) is 240. The van der Waals surface area contributed by atoms with Crippen LogP contribution in [-0.2, 0) is 22.6 Å². The van der Waals surface area contributed by atoms with Gasteiger partial charge in [0.05, 0.1) is 5.69 Å². The summed E-state index contributed by atoms with van der Waals surface area (Å²) in [5.41, 5.74) is 7.45. The van der Waals surface area contributed by atoms with Gasteiger partial charge in [0.25, 0.3) is 0 Å². The molecule has 0 spiro atoms. The van der Waals surface area contributed by atoms with Crippen LogP contribution in [0.2, 0.25) is 0 Å². The molecule has 0 saturated heterocycles. The van der Waals surface area contributed by atoms with Crippen molar-refractivity contribution in [3.8, 4) is 0 Å². The Morgan fingerprint density at radius 2 is 1.18 bits per heavy atom. The first-order valence-corrected chi connectivity index (χ1v) is 124. The molecule has 0 unspecified atom stereocenters. The number of nitrogens with zero attached hydrogens (tertiary/aromatic N) is 3. The van der Waals surface area contributed by atoms with Gasteiger partial charge in [-0.05, 0) is 31.5 Å². The van der Waals surface area contributed by atoms with Crippen molar-refractivity contribution in [2.45, 2.75) is 32.2 Å². The zero-order valence-corrected chi connectivity index (χ0v) is 80.1. The summed E-state index contributed by atoms with van der Waals surface area (Å²) in [6, 6.07) is 0. The van der Waals surface area contributed by atoms with Crippen molar-refractivity contribution in [2.75, 3.05) is 0 Å². The third-order valence-corrected chi connectivity index (χ3v) is 2.04. The Morgan fingerprint density at radius 1 is 0.824 bits per heavy atom. The number of hydrogen-bond donors (Lipinski definition) is 0. The van der Waals surface area contributed by atoms with E-state index in [0.717, 1.165) is 0 Å². The second-order valence-corrected chi connectivity index (χ2v) is 3.54. The van der Waals surface area contributed by atoms with E-state index >= 15 is 0 Å². The first-order chi connectivity index (χ1) is 14.6. The Hall–Kier alpha value is 26.0. The third kappa shape index (κ3) is 89.0. The molecule has 0 fully saturated rings. The van der Waals surface area contributed by atoms with Crippen LogP contribution in [0.4, 0.5) is 0 Å². The standard InChI is InChI=1S/C10H15N4O2.CH3.17K.H/c1-8(15)3-2-6-14-7-9(12-13-14)4-5-10(11)16;;;;;;;;;;;;;;;;;;;/h7H,1-6H2,(H2,11,16);1H3;;;;;;;;;;;;;;;;;;/q2*-1;;;;;;;;;;;;;;;3*+1;-1/p-1. The number of Topliss-reactive ketones (excluding diaryl/α,β-unsaturated/α-hetero) is 1. The molecule has 112 valence electrons. The molecule has 34 heavy (non-hydrogen) atoms. The molecule has 0 aliphatic heterocycles. The maximum atomic E-state index is 10.6. The van der Waals surface area contributed by atoms with E-state index in [1.54, 1.807) is 10.9 Å². The molecule has 6 nitrogen and oxygen atoms in total. The number of hydrogen-bond acceptors (Lipinski definition) is 4. The minimum absolute atomic E-state index is 0. The van der Waals surface area contributed by atoms with Gasteiger partial charge in [0.2, 0.25) is 0 Å². The molecular weight excluding hydrogens is 885 g/mol. The Labute approximate surface area is 657 Å². The van der Waals surface area contributed by atoms with Crippen molar-refractivity contribution in [1.29, 1.82) is 0 Å². The quantitative estimate of drug-likeness (QED) is 0.201. The fourth-order valence-electron chi connectivity index (χ4n) is 1.24. The predicted octanol–water partition coefficient (Wildman–Crippen LogP) is -12.8. The van der Waals surface area contributed by atoms with Gasteiger partial charge in [-0.1, -0.05) is 5.21 Å². The Balaban J connectivity index is -0.0000000242. The molecular formula is C11H18K17N4O2-. The van der Waals surface area contributed by atoms with E-state index in [1.807, 2.05) is 0 Å². The van der Waals surface area contributed by atoms with Gasteiger partial charge in [0, 0.05) is 18.6 Å². The van der Waals surface area contributed by atoms with Gasteiger partial charge >= 0.3 is 596 Å². The molecule has 1 amide bonds. The van der Waals surface area contributed by atoms with Crippen LogP contribution in [0.15, 0.2) is 6.20 Å². The first-order valence-electron chi connectivity index (χ1n) is 12.1. The molecule has 1 heterocycles. The molecule has 0 aromatic carbocycles. The summed E-state index contributed by atoms with van der Waals surface area (Å²) in [7, 11) is 0. The summed E-state index contributed by atoms with van der Waals surface area (Å²) in [5, 5.41) is 7.72. The summed E-state index contributed by atoms with van der Waals surface area (Å²) in [6.45, 7) is 3.90. The van der Waals surface area contributed by atoms with Crippen LogP contribution >= 0.6 is 0 Å². The van der Waals surface area contributed by atoms with E-state index in [2.05, 4.69) is 17.2 Å². The fourth-order valence-corrected chi connectivity index (χ4v) is 1.24. The van der Waals surface area contributed by atoms with Crippen LogP contribution in [0.3, 0.4) is 0 Å². The number of carbonyl (C=O) groups excluding carboxylic acids is 2. The number of aromatic nitrogens is 3. The normalized spacial score (nSPS) is 6.47. The maximum absolute atomic E-state index is 10.6. The molecule has 0 saturated carbocycles. The number of rotatable bonds is 7. The molecule has 1 aromatic rings. The van der Waals surface area contributed by atoms with Gasteiger partial charge in [-0.3, -0.25) is 4.68 Å². The fraction of sp³-hybridized carbons (Fsp3) is 0.455. The molecule has 1 N–H and O–H groups in total. The molecule has 23 heteroatoms. The third-order valence-electron chi connectivity index (χ3n) is 2.04. The van der Waals surface area contributed by atoms with Crippen LogP contribution < -0.4 is 154 Å². The van der Waals surface area contributed by atoms with Crippen molar-refractivity contribution < 1.29 is 165 Å². The Bertz CT molecular complexity index is 414. The van der Waals surface area contributed by atoms with Gasteiger partial charge in [-0.2, -0.15) is 0 Å². The summed E-state index contributed by atoms with van der Waals surface area (Å²) in [5.74, 6) is -0.683. The average molecular weight is 903 g/mol. The zero-order valence-electron chi connectivity index (χ0n) is 28.0. The molecule has 0 aliphatic carbocycles. The van der Waals surface area contributed by atoms with E-state index < -0.39 is 5.91 Å². The number of carbonyl (C=O) groups is 2. The summed E-state index contributed by atoms with van der Waals surface area (Å²) < 4.78 is 1.63. The first kappa shape index (κ1) is 87.0.